The van der Waals surface area contributed by atoms with Crippen LogP contribution in [0.4, 0.5) is 0 Å². The Bertz CT molecular complexity index is 1580. The maximum atomic E-state index is 9.17. The van der Waals surface area contributed by atoms with Gasteiger partial charge in [0.1, 0.15) is 24.7 Å². The summed E-state index contributed by atoms with van der Waals surface area (Å²) in [5, 5.41) is 23.3. The fraction of sp³-hybridized carbons (Fsp3) is 0.152. The highest BCUT2D eigenvalue weighted by Gasteiger charge is 2.38. The van der Waals surface area contributed by atoms with Crippen LogP contribution < -0.4 is 19.9 Å². The molecule has 0 fully saturated rings. The smallest absolute Gasteiger partial charge is 0.119 e. The Hall–Kier alpha value is -4.12. The Kier molecular flexibility index (Phi) is 6.13. The molecular formula is C33H28O4. The van der Waals surface area contributed by atoms with Gasteiger partial charge in [-0.3, -0.25) is 0 Å². The molecule has 4 aromatic rings. The zero-order valence-corrected chi connectivity index (χ0v) is 20.4. The molecule has 0 aromatic heterocycles. The first kappa shape index (κ1) is 23.3. The van der Waals surface area contributed by atoms with Crippen molar-refractivity contribution in [2.24, 2.45) is 0 Å². The molecule has 2 N–H and O–H groups in total. The van der Waals surface area contributed by atoms with Gasteiger partial charge in [-0.05, 0) is 67.7 Å². The van der Waals surface area contributed by atoms with Gasteiger partial charge in [0.25, 0.3) is 0 Å². The molecule has 0 saturated carbocycles. The molecule has 2 aliphatic rings. The van der Waals surface area contributed by atoms with Crippen molar-refractivity contribution in [3.05, 3.63) is 124 Å². The van der Waals surface area contributed by atoms with Crippen LogP contribution in [0.5, 0.6) is 11.5 Å². The van der Waals surface area contributed by atoms with Gasteiger partial charge in [-0.2, -0.15) is 0 Å². The van der Waals surface area contributed by atoms with Crippen molar-refractivity contribution in [2.75, 3.05) is 26.4 Å². The molecule has 0 spiro atoms. The summed E-state index contributed by atoms with van der Waals surface area (Å²) >= 11 is 0. The van der Waals surface area contributed by atoms with E-state index >= 15 is 0 Å². The molecule has 0 radical (unpaired) electrons. The number of aliphatic hydroxyl groups is 2. The highest BCUT2D eigenvalue weighted by molar-refractivity contribution is 5.93. The maximum Gasteiger partial charge on any atom is 0.119 e. The van der Waals surface area contributed by atoms with E-state index in [-0.39, 0.29) is 26.4 Å². The van der Waals surface area contributed by atoms with Gasteiger partial charge in [0.05, 0.1) is 18.6 Å². The molecule has 4 heteroatoms. The first-order chi connectivity index (χ1) is 18.3. The van der Waals surface area contributed by atoms with E-state index in [9.17, 15) is 0 Å². The second-order valence-corrected chi connectivity index (χ2v) is 9.21. The van der Waals surface area contributed by atoms with Crippen LogP contribution in [0.25, 0.3) is 29.0 Å². The number of ether oxygens (including phenoxy) is 2. The molecule has 0 unspecified atom stereocenters. The third kappa shape index (κ3) is 3.86. The Labute approximate surface area is 215 Å². The summed E-state index contributed by atoms with van der Waals surface area (Å²) in [6.45, 7) is 0.476. The van der Waals surface area contributed by atoms with Crippen LogP contribution in [0.1, 0.15) is 22.3 Å². The molecule has 37 heavy (non-hydrogen) atoms. The largest absolute Gasteiger partial charge is 0.491 e. The van der Waals surface area contributed by atoms with E-state index in [1.807, 2.05) is 24.3 Å². The normalized spacial score (nSPS) is 14.5. The van der Waals surface area contributed by atoms with E-state index in [0.29, 0.717) is 0 Å². The highest BCUT2D eigenvalue weighted by atomic mass is 16.5. The summed E-state index contributed by atoms with van der Waals surface area (Å²) in [6, 6.07) is 25.0. The first-order valence-corrected chi connectivity index (χ1v) is 12.6. The number of aliphatic hydroxyl groups excluding tert-OH is 2. The Morgan fingerprint density at radius 1 is 0.622 bits per heavy atom. The van der Waals surface area contributed by atoms with E-state index in [0.717, 1.165) is 22.6 Å². The number of benzene rings is 4. The molecular weight excluding hydrogens is 460 g/mol. The SMILES string of the molecule is OCCOc1ccc(C2(c3ccc(OCCO)cc3)C=CC=c3c2c2c(c4ccccc34)=CC=C2)cc1. The lowest BCUT2D eigenvalue weighted by atomic mass is 9.65. The average molecular weight is 489 g/mol. The fourth-order valence-corrected chi connectivity index (χ4v) is 5.68. The fourth-order valence-electron chi connectivity index (χ4n) is 5.68. The minimum absolute atomic E-state index is 0.0234. The van der Waals surface area contributed by atoms with E-state index in [1.54, 1.807) is 0 Å². The lowest BCUT2D eigenvalue weighted by molar-refractivity contribution is 0.201. The van der Waals surface area contributed by atoms with Gasteiger partial charge in [-0.1, -0.05) is 85.0 Å². The quantitative estimate of drug-likeness (QED) is 0.393. The van der Waals surface area contributed by atoms with Gasteiger partial charge in [0, 0.05) is 0 Å². The summed E-state index contributed by atoms with van der Waals surface area (Å²) in [4.78, 5) is 0. The van der Waals surface area contributed by atoms with Gasteiger partial charge in [-0.25, -0.2) is 0 Å². The molecule has 4 aromatic carbocycles. The number of hydrogen-bond acceptors (Lipinski definition) is 4. The van der Waals surface area contributed by atoms with Crippen molar-refractivity contribution in [1.82, 2.24) is 0 Å². The van der Waals surface area contributed by atoms with Crippen molar-refractivity contribution < 1.29 is 19.7 Å². The molecule has 2 aliphatic carbocycles. The summed E-state index contributed by atoms with van der Waals surface area (Å²) < 4.78 is 11.3. The average Bonchev–Trinajstić information content (AvgIpc) is 3.45. The Balaban J connectivity index is 1.63. The van der Waals surface area contributed by atoms with E-state index in [2.05, 4.69) is 85.0 Å². The van der Waals surface area contributed by atoms with Crippen LogP contribution in [-0.2, 0) is 5.41 Å². The van der Waals surface area contributed by atoms with E-state index < -0.39 is 5.41 Å². The Morgan fingerprint density at radius 2 is 1.16 bits per heavy atom. The van der Waals surface area contributed by atoms with Crippen molar-refractivity contribution in [3.63, 3.8) is 0 Å². The third-order valence-corrected chi connectivity index (χ3v) is 7.20. The van der Waals surface area contributed by atoms with Crippen molar-refractivity contribution in [1.29, 1.82) is 0 Å². The zero-order chi connectivity index (χ0) is 25.2. The molecule has 0 saturated heterocycles. The van der Waals surface area contributed by atoms with Gasteiger partial charge in [-0.15, -0.1) is 0 Å². The van der Waals surface area contributed by atoms with E-state index in [4.69, 9.17) is 19.7 Å². The summed E-state index contributed by atoms with van der Waals surface area (Å²) in [7, 11) is 0. The predicted octanol–water partition coefficient (Wildman–Crippen LogP) is 4.07. The van der Waals surface area contributed by atoms with Gasteiger partial charge < -0.3 is 19.7 Å². The van der Waals surface area contributed by atoms with Gasteiger partial charge >= 0.3 is 0 Å². The van der Waals surface area contributed by atoms with Crippen LogP contribution in [0.15, 0.2) is 91.0 Å². The van der Waals surface area contributed by atoms with E-state index in [1.165, 1.54) is 32.3 Å². The monoisotopic (exact) mass is 488 g/mol. The van der Waals surface area contributed by atoms with Crippen LogP contribution in [-0.4, -0.2) is 36.6 Å². The predicted molar refractivity (Wildman–Crippen MR) is 148 cm³/mol. The van der Waals surface area contributed by atoms with Crippen molar-refractivity contribution in [3.8, 4) is 11.5 Å². The molecule has 0 aliphatic heterocycles. The molecule has 0 bridgehead atoms. The number of hydrogen-bond donors (Lipinski definition) is 2. The second kappa shape index (κ2) is 9.74. The summed E-state index contributed by atoms with van der Waals surface area (Å²) in [5.74, 6) is 1.45. The number of allylic oxidation sites excluding steroid dienone is 3. The van der Waals surface area contributed by atoms with Crippen molar-refractivity contribution >= 4 is 29.0 Å². The molecule has 0 heterocycles. The zero-order valence-electron chi connectivity index (χ0n) is 20.4. The molecule has 0 amide bonds. The van der Waals surface area contributed by atoms with Crippen molar-refractivity contribution in [2.45, 2.75) is 5.41 Å². The van der Waals surface area contributed by atoms with Crippen LogP contribution in [0.3, 0.4) is 0 Å². The minimum Gasteiger partial charge on any atom is -0.491 e. The topological polar surface area (TPSA) is 58.9 Å². The standard InChI is InChI=1S/C33H28O4/c34-19-21-36-25-14-10-23(11-15-25)33(24-12-16-26(17-13-24)37-22-20-35)18-4-9-31-28-6-2-1-5-27(28)29-7-3-8-30(29)32(31)33/h1-18,34-35H,19-22H2. The highest BCUT2D eigenvalue weighted by Crippen LogP contribution is 2.43. The lowest BCUT2D eigenvalue weighted by Crippen LogP contribution is -2.38. The molecule has 0 atom stereocenters. The van der Waals surface area contributed by atoms with Gasteiger partial charge in [0.2, 0.25) is 0 Å². The van der Waals surface area contributed by atoms with Gasteiger partial charge in [0.15, 0.2) is 0 Å². The Morgan fingerprint density at radius 3 is 1.73 bits per heavy atom. The number of fused-ring (bicyclic) bond motifs is 6. The molecule has 4 nitrogen and oxygen atoms in total. The summed E-state index contributed by atoms with van der Waals surface area (Å²) in [6.07, 6.45) is 13.2. The summed E-state index contributed by atoms with van der Waals surface area (Å²) in [5.41, 5.74) is 4.18. The second-order valence-electron chi connectivity index (χ2n) is 9.21. The molecule has 184 valence electrons. The van der Waals surface area contributed by atoms with Crippen LogP contribution in [0.2, 0.25) is 0 Å². The molecule has 6 rings (SSSR count). The third-order valence-electron chi connectivity index (χ3n) is 7.20. The number of rotatable bonds is 8. The lowest BCUT2D eigenvalue weighted by Gasteiger charge is -2.37. The first-order valence-electron chi connectivity index (χ1n) is 12.6. The minimum atomic E-state index is -0.550. The van der Waals surface area contributed by atoms with Crippen LogP contribution >= 0.6 is 0 Å². The van der Waals surface area contributed by atoms with Crippen LogP contribution in [0, 0.1) is 0 Å². The maximum absolute atomic E-state index is 9.17.